The summed E-state index contributed by atoms with van der Waals surface area (Å²) >= 11 is 0. The molecule has 3 rings (SSSR count). The van der Waals surface area contributed by atoms with Gasteiger partial charge < -0.3 is 14.7 Å². The molecule has 1 N–H and O–H groups in total. The largest absolute Gasteiger partial charge is 0.394 e. The quantitative estimate of drug-likeness (QED) is 0.932. The van der Waals surface area contributed by atoms with Crippen molar-refractivity contribution in [2.45, 2.75) is 32.4 Å². The average molecular weight is 339 g/mol. The van der Waals surface area contributed by atoms with Crippen LogP contribution in [0.4, 0.5) is 0 Å². The molecule has 1 aliphatic rings. The lowest BCUT2D eigenvalue weighted by molar-refractivity contribution is -0.149. The summed E-state index contributed by atoms with van der Waals surface area (Å²) in [6.07, 6.45) is -0.0201. The van der Waals surface area contributed by atoms with Crippen LogP contribution in [0.5, 0.6) is 0 Å². The van der Waals surface area contributed by atoms with Gasteiger partial charge in [-0.15, -0.1) is 0 Å². The van der Waals surface area contributed by atoms with Gasteiger partial charge in [0.25, 0.3) is 0 Å². The van der Waals surface area contributed by atoms with E-state index < -0.39 is 6.10 Å². The van der Waals surface area contributed by atoms with Crippen LogP contribution in [0.2, 0.25) is 0 Å². The molecule has 0 aliphatic carbocycles. The Morgan fingerprint density at radius 3 is 2.68 bits per heavy atom. The first-order valence-corrected chi connectivity index (χ1v) is 8.73. The zero-order valence-electron chi connectivity index (χ0n) is 14.8. The molecule has 2 aromatic rings. The number of nitrogens with zero attached hydrogens (tertiary/aromatic N) is 1. The summed E-state index contributed by atoms with van der Waals surface area (Å²) in [6, 6.07) is 15.8. The van der Waals surface area contributed by atoms with Gasteiger partial charge in [-0.25, -0.2) is 0 Å². The molecule has 2 aromatic carbocycles. The molecule has 0 spiro atoms. The number of aliphatic hydroxyl groups excluding tert-OH is 1. The van der Waals surface area contributed by atoms with Crippen molar-refractivity contribution in [3.8, 4) is 0 Å². The SMILES string of the molecule is Cc1ccc(C)c(CC(=O)N2CCO[C@H](CO)[C@H]2c2ccccc2)c1. The number of hydrogen-bond acceptors (Lipinski definition) is 3. The van der Waals surface area contributed by atoms with Crippen molar-refractivity contribution < 1.29 is 14.6 Å². The number of aryl methyl sites for hydroxylation is 2. The standard InChI is InChI=1S/C21H25NO3/c1-15-8-9-16(2)18(12-15)13-20(24)22-10-11-25-19(14-23)21(22)17-6-4-3-5-7-17/h3-9,12,19,21,23H,10-11,13-14H2,1-2H3/t19-,21-/m1/s1. The maximum Gasteiger partial charge on any atom is 0.227 e. The summed E-state index contributed by atoms with van der Waals surface area (Å²) < 4.78 is 5.72. The van der Waals surface area contributed by atoms with Crippen LogP contribution < -0.4 is 0 Å². The molecule has 0 saturated carbocycles. The van der Waals surface area contributed by atoms with Crippen LogP contribution >= 0.6 is 0 Å². The summed E-state index contributed by atoms with van der Waals surface area (Å²) in [5, 5.41) is 9.73. The number of hydrogen-bond donors (Lipinski definition) is 1. The molecule has 0 radical (unpaired) electrons. The second kappa shape index (κ2) is 7.81. The second-order valence-electron chi connectivity index (χ2n) is 6.64. The number of carbonyl (C=O) groups excluding carboxylic acids is 1. The molecule has 1 fully saturated rings. The average Bonchev–Trinajstić information content (AvgIpc) is 2.64. The molecule has 0 aromatic heterocycles. The molecule has 0 unspecified atom stereocenters. The predicted octanol–water partition coefficient (Wildman–Crippen LogP) is 2.81. The van der Waals surface area contributed by atoms with Crippen molar-refractivity contribution in [2.75, 3.05) is 19.8 Å². The van der Waals surface area contributed by atoms with Gasteiger partial charge in [-0.1, -0.05) is 54.1 Å². The summed E-state index contributed by atoms with van der Waals surface area (Å²) in [5.74, 6) is 0.0734. The fraction of sp³-hybridized carbons (Fsp3) is 0.381. The molecule has 132 valence electrons. The van der Waals surface area contributed by atoms with Gasteiger partial charge in [-0.2, -0.15) is 0 Å². The monoisotopic (exact) mass is 339 g/mol. The van der Waals surface area contributed by atoms with Crippen LogP contribution in [-0.4, -0.2) is 41.8 Å². The Hall–Kier alpha value is -2.17. The highest BCUT2D eigenvalue weighted by atomic mass is 16.5. The van der Waals surface area contributed by atoms with Crippen molar-refractivity contribution in [3.63, 3.8) is 0 Å². The summed E-state index contributed by atoms with van der Waals surface area (Å²) in [5.41, 5.74) is 4.34. The maximum atomic E-state index is 13.1. The molecule has 2 atom stereocenters. The van der Waals surface area contributed by atoms with Crippen LogP contribution in [0.1, 0.15) is 28.3 Å². The van der Waals surface area contributed by atoms with Crippen LogP contribution in [-0.2, 0) is 16.0 Å². The van der Waals surface area contributed by atoms with Gasteiger partial charge in [0, 0.05) is 6.54 Å². The lowest BCUT2D eigenvalue weighted by Crippen LogP contribution is -2.50. The Balaban J connectivity index is 1.87. The highest BCUT2D eigenvalue weighted by molar-refractivity contribution is 5.80. The van der Waals surface area contributed by atoms with E-state index in [9.17, 15) is 9.90 Å². The highest BCUT2D eigenvalue weighted by Crippen LogP contribution is 2.30. The second-order valence-corrected chi connectivity index (χ2v) is 6.64. The normalized spacial score (nSPS) is 20.5. The third-order valence-electron chi connectivity index (χ3n) is 4.84. The minimum Gasteiger partial charge on any atom is -0.394 e. The Bertz CT molecular complexity index is 729. The summed E-state index contributed by atoms with van der Waals surface area (Å²) in [7, 11) is 0. The van der Waals surface area contributed by atoms with Gasteiger partial charge in [0.1, 0.15) is 6.10 Å². The Morgan fingerprint density at radius 1 is 1.20 bits per heavy atom. The third kappa shape index (κ3) is 3.91. The first-order valence-electron chi connectivity index (χ1n) is 8.73. The van der Waals surface area contributed by atoms with Crippen LogP contribution in [0.3, 0.4) is 0 Å². The molecule has 1 heterocycles. The van der Waals surface area contributed by atoms with Crippen molar-refractivity contribution >= 4 is 5.91 Å². The summed E-state index contributed by atoms with van der Waals surface area (Å²) in [6.45, 7) is 4.96. The van der Waals surface area contributed by atoms with Gasteiger partial charge in [0.15, 0.2) is 0 Å². The fourth-order valence-electron chi connectivity index (χ4n) is 3.47. The number of rotatable bonds is 4. The molecule has 25 heavy (non-hydrogen) atoms. The minimum atomic E-state index is -0.390. The molecule has 1 aliphatic heterocycles. The molecule has 1 saturated heterocycles. The fourth-order valence-corrected chi connectivity index (χ4v) is 3.47. The smallest absolute Gasteiger partial charge is 0.227 e. The van der Waals surface area contributed by atoms with E-state index in [-0.39, 0.29) is 18.6 Å². The molecule has 4 nitrogen and oxygen atoms in total. The van der Waals surface area contributed by atoms with E-state index in [0.29, 0.717) is 19.6 Å². The Kier molecular flexibility index (Phi) is 5.51. The highest BCUT2D eigenvalue weighted by Gasteiger charge is 2.35. The number of benzene rings is 2. The van der Waals surface area contributed by atoms with E-state index in [0.717, 1.165) is 22.3 Å². The van der Waals surface area contributed by atoms with E-state index in [1.807, 2.05) is 49.1 Å². The lowest BCUT2D eigenvalue weighted by Gasteiger charge is -2.41. The first kappa shape index (κ1) is 17.6. The van der Waals surface area contributed by atoms with E-state index >= 15 is 0 Å². The van der Waals surface area contributed by atoms with Gasteiger partial charge >= 0.3 is 0 Å². The van der Waals surface area contributed by atoms with Gasteiger partial charge in [-0.05, 0) is 30.5 Å². The number of amides is 1. The molecular weight excluding hydrogens is 314 g/mol. The maximum absolute atomic E-state index is 13.1. The lowest BCUT2D eigenvalue weighted by atomic mass is 9.96. The topological polar surface area (TPSA) is 49.8 Å². The Morgan fingerprint density at radius 2 is 1.96 bits per heavy atom. The van der Waals surface area contributed by atoms with Crippen molar-refractivity contribution in [1.82, 2.24) is 4.90 Å². The third-order valence-corrected chi connectivity index (χ3v) is 4.84. The Labute approximate surface area is 149 Å². The van der Waals surface area contributed by atoms with Crippen molar-refractivity contribution in [3.05, 3.63) is 70.8 Å². The van der Waals surface area contributed by atoms with Crippen LogP contribution in [0.15, 0.2) is 48.5 Å². The van der Waals surface area contributed by atoms with Gasteiger partial charge in [-0.3, -0.25) is 4.79 Å². The van der Waals surface area contributed by atoms with Gasteiger partial charge in [0.05, 0.1) is 25.7 Å². The van der Waals surface area contributed by atoms with Crippen molar-refractivity contribution in [1.29, 1.82) is 0 Å². The number of carbonyl (C=O) groups is 1. The van der Waals surface area contributed by atoms with Crippen LogP contribution in [0.25, 0.3) is 0 Å². The minimum absolute atomic E-state index is 0.0734. The predicted molar refractivity (Wildman–Crippen MR) is 97.3 cm³/mol. The molecular formula is C21H25NO3. The zero-order chi connectivity index (χ0) is 17.8. The molecule has 1 amide bonds. The molecule has 4 heteroatoms. The number of aliphatic hydroxyl groups is 1. The van der Waals surface area contributed by atoms with E-state index in [1.165, 1.54) is 0 Å². The van der Waals surface area contributed by atoms with Crippen LogP contribution in [0, 0.1) is 13.8 Å². The number of ether oxygens (including phenoxy) is 1. The van der Waals surface area contributed by atoms with E-state index in [2.05, 4.69) is 18.2 Å². The van der Waals surface area contributed by atoms with Crippen molar-refractivity contribution in [2.24, 2.45) is 0 Å². The number of morpholine rings is 1. The first-order chi connectivity index (χ1) is 12.1. The van der Waals surface area contributed by atoms with E-state index in [4.69, 9.17) is 4.74 Å². The van der Waals surface area contributed by atoms with E-state index in [1.54, 1.807) is 0 Å². The summed E-state index contributed by atoms with van der Waals surface area (Å²) in [4.78, 5) is 14.9. The molecule has 0 bridgehead atoms. The van der Waals surface area contributed by atoms with Gasteiger partial charge in [0.2, 0.25) is 5.91 Å². The zero-order valence-corrected chi connectivity index (χ0v) is 14.8.